The predicted molar refractivity (Wildman–Crippen MR) is 74.0 cm³/mol. The van der Waals surface area contributed by atoms with E-state index in [4.69, 9.17) is 5.11 Å². The van der Waals surface area contributed by atoms with Crippen molar-refractivity contribution in [3.05, 3.63) is 0 Å². The third-order valence-electron chi connectivity index (χ3n) is 3.61. The van der Waals surface area contributed by atoms with Crippen molar-refractivity contribution in [2.24, 2.45) is 11.3 Å². The summed E-state index contributed by atoms with van der Waals surface area (Å²) in [5.41, 5.74) is 0.266. The van der Waals surface area contributed by atoms with Gasteiger partial charge in [0.1, 0.15) is 6.04 Å². The van der Waals surface area contributed by atoms with Gasteiger partial charge in [-0.2, -0.15) is 0 Å². The molecule has 0 spiro atoms. The van der Waals surface area contributed by atoms with E-state index < -0.39 is 12.0 Å². The zero-order chi connectivity index (χ0) is 14.6. The lowest BCUT2D eigenvalue weighted by Gasteiger charge is -2.20. The number of aliphatic carboxylic acids is 1. The molecule has 110 valence electrons. The first-order valence-corrected chi connectivity index (χ1v) is 6.99. The summed E-state index contributed by atoms with van der Waals surface area (Å²) in [7, 11) is 0. The molecule has 0 aromatic carbocycles. The maximum absolute atomic E-state index is 11.8. The Kier molecular flexibility index (Phi) is 5.20. The fourth-order valence-corrected chi connectivity index (χ4v) is 2.64. The average Bonchev–Trinajstić information content (AvgIpc) is 2.56. The number of carboxylic acid groups (broad SMARTS) is 1. The molecule has 1 fully saturated rings. The number of amides is 2. The Bertz CT molecular complexity index is 340. The SMILES string of the molecule is CC(C)CC(NC(=O)NC1CCC(C)(C)C1)C(=O)O. The quantitative estimate of drug-likeness (QED) is 0.717. The van der Waals surface area contributed by atoms with Crippen molar-refractivity contribution in [3.63, 3.8) is 0 Å². The van der Waals surface area contributed by atoms with Gasteiger partial charge in [0, 0.05) is 6.04 Å². The summed E-state index contributed by atoms with van der Waals surface area (Å²) in [4.78, 5) is 22.9. The molecule has 0 bridgehead atoms. The Labute approximate surface area is 115 Å². The second kappa shape index (κ2) is 6.26. The molecule has 0 radical (unpaired) electrons. The Morgan fingerprint density at radius 3 is 2.42 bits per heavy atom. The van der Waals surface area contributed by atoms with Crippen molar-refractivity contribution in [2.75, 3.05) is 0 Å². The fraction of sp³-hybridized carbons (Fsp3) is 0.857. The van der Waals surface area contributed by atoms with Crippen LogP contribution in [0.1, 0.15) is 53.4 Å². The second-order valence-electron chi connectivity index (χ2n) is 6.74. The van der Waals surface area contributed by atoms with Crippen molar-refractivity contribution in [1.29, 1.82) is 0 Å². The lowest BCUT2D eigenvalue weighted by molar-refractivity contribution is -0.139. The number of urea groups is 1. The molecule has 5 nitrogen and oxygen atoms in total. The minimum Gasteiger partial charge on any atom is -0.480 e. The molecule has 0 saturated heterocycles. The Hall–Kier alpha value is -1.26. The van der Waals surface area contributed by atoms with Gasteiger partial charge in [0.15, 0.2) is 0 Å². The van der Waals surface area contributed by atoms with Gasteiger partial charge in [0.05, 0.1) is 0 Å². The monoisotopic (exact) mass is 270 g/mol. The van der Waals surface area contributed by atoms with E-state index in [-0.39, 0.29) is 23.4 Å². The van der Waals surface area contributed by atoms with Crippen LogP contribution in [0, 0.1) is 11.3 Å². The second-order valence-corrected chi connectivity index (χ2v) is 6.74. The minimum absolute atomic E-state index is 0.156. The van der Waals surface area contributed by atoms with Crippen LogP contribution in [0.15, 0.2) is 0 Å². The van der Waals surface area contributed by atoms with E-state index in [2.05, 4.69) is 24.5 Å². The first-order chi connectivity index (χ1) is 8.69. The highest BCUT2D eigenvalue weighted by atomic mass is 16.4. The molecule has 2 unspecified atom stereocenters. The Balaban J connectivity index is 2.43. The number of nitrogens with one attached hydrogen (secondary N) is 2. The Morgan fingerprint density at radius 1 is 1.37 bits per heavy atom. The molecule has 1 saturated carbocycles. The summed E-state index contributed by atoms with van der Waals surface area (Å²) in [6, 6.07) is -1.02. The van der Waals surface area contributed by atoms with Crippen molar-refractivity contribution in [1.82, 2.24) is 10.6 Å². The summed E-state index contributed by atoms with van der Waals surface area (Å²) in [5, 5.41) is 14.5. The molecule has 1 aliphatic carbocycles. The first-order valence-electron chi connectivity index (χ1n) is 6.99. The van der Waals surface area contributed by atoms with Crippen LogP contribution in [-0.2, 0) is 4.79 Å². The zero-order valence-corrected chi connectivity index (χ0v) is 12.3. The van der Waals surface area contributed by atoms with E-state index in [0.29, 0.717) is 6.42 Å². The first kappa shape index (κ1) is 15.8. The van der Waals surface area contributed by atoms with E-state index in [9.17, 15) is 9.59 Å². The molecule has 2 atom stereocenters. The number of hydrogen-bond acceptors (Lipinski definition) is 2. The van der Waals surface area contributed by atoms with E-state index in [0.717, 1.165) is 19.3 Å². The third kappa shape index (κ3) is 5.49. The minimum atomic E-state index is -0.976. The molecule has 5 heteroatoms. The van der Waals surface area contributed by atoms with Crippen LogP contribution in [-0.4, -0.2) is 29.2 Å². The van der Waals surface area contributed by atoms with E-state index in [1.807, 2.05) is 13.8 Å². The van der Waals surface area contributed by atoms with Crippen LogP contribution in [0.4, 0.5) is 4.79 Å². The van der Waals surface area contributed by atoms with E-state index in [1.165, 1.54) is 0 Å². The standard InChI is InChI=1S/C14H26N2O3/c1-9(2)7-11(12(17)18)16-13(19)15-10-5-6-14(3,4)8-10/h9-11H,5-8H2,1-4H3,(H,17,18)(H2,15,16,19). The predicted octanol–water partition coefficient (Wildman–Crippen LogP) is 2.36. The summed E-state index contributed by atoms with van der Waals surface area (Å²) in [6.07, 6.45) is 3.44. The molecule has 0 aliphatic heterocycles. The van der Waals surface area contributed by atoms with Gasteiger partial charge < -0.3 is 15.7 Å². The van der Waals surface area contributed by atoms with Crippen LogP contribution in [0.2, 0.25) is 0 Å². The number of rotatable bonds is 5. The van der Waals surface area contributed by atoms with Crippen LogP contribution < -0.4 is 10.6 Å². The molecule has 1 aliphatic rings. The highest BCUT2D eigenvalue weighted by Crippen LogP contribution is 2.36. The molecule has 2 amide bonds. The third-order valence-corrected chi connectivity index (χ3v) is 3.61. The summed E-state index contributed by atoms with van der Waals surface area (Å²) < 4.78 is 0. The van der Waals surface area contributed by atoms with Crippen LogP contribution in [0.25, 0.3) is 0 Å². The normalized spacial score (nSPS) is 23.1. The maximum Gasteiger partial charge on any atom is 0.326 e. The molecular formula is C14H26N2O3. The molecule has 3 N–H and O–H groups in total. The van der Waals surface area contributed by atoms with Crippen molar-refractivity contribution in [3.8, 4) is 0 Å². The van der Waals surface area contributed by atoms with Crippen LogP contribution in [0.3, 0.4) is 0 Å². The van der Waals surface area contributed by atoms with Crippen molar-refractivity contribution >= 4 is 12.0 Å². The van der Waals surface area contributed by atoms with E-state index >= 15 is 0 Å². The van der Waals surface area contributed by atoms with Gasteiger partial charge in [0.25, 0.3) is 0 Å². The molecule has 19 heavy (non-hydrogen) atoms. The number of hydrogen-bond donors (Lipinski definition) is 3. The maximum atomic E-state index is 11.8. The number of carbonyl (C=O) groups excluding carboxylic acids is 1. The van der Waals surface area contributed by atoms with Crippen molar-refractivity contribution in [2.45, 2.75) is 65.5 Å². The molecule has 0 heterocycles. The summed E-state index contributed by atoms with van der Waals surface area (Å²) >= 11 is 0. The van der Waals surface area contributed by atoms with E-state index in [1.54, 1.807) is 0 Å². The largest absolute Gasteiger partial charge is 0.480 e. The van der Waals surface area contributed by atoms with Gasteiger partial charge in [-0.3, -0.25) is 0 Å². The lowest BCUT2D eigenvalue weighted by atomic mass is 9.92. The highest BCUT2D eigenvalue weighted by Gasteiger charge is 2.32. The van der Waals surface area contributed by atoms with Crippen LogP contribution >= 0.6 is 0 Å². The smallest absolute Gasteiger partial charge is 0.326 e. The Morgan fingerprint density at radius 2 is 2.00 bits per heavy atom. The highest BCUT2D eigenvalue weighted by molar-refractivity contribution is 5.82. The van der Waals surface area contributed by atoms with Crippen molar-refractivity contribution < 1.29 is 14.7 Å². The fourth-order valence-electron chi connectivity index (χ4n) is 2.64. The van der Waals surface area contributed by atoms with Gasteiger partial charge in [-0.25, -0.2) is 9.59 Å². The average molecular weight is 270 g/mol. The topological polar surface area (TPSA) is 78.4 Å². The molecule has 0 aromatic heterocycles. The van der Waals surface area contributed by atoms with Crippen LogP contribution in [0.5, 0.6) is 0 Å². The summed E-state index contributed by atoms with van der Waals surface area (Å²) in [6.45, 7) is 8.25. The number of carboxylic acids is 1. The lowest BCUT2D eigenvalue weighted by Crippen LogP contribution is -2.49. The molecular weight excluding hydrogens is 244 g/mol. The van der Waals surface area contributed by atoms with Gasteiger partial charge in [-0.05, 0) is 37.0 Å². The van der Waals surface area contributed by atoms with Gasteiger partial charge in [0.2, 0.25) is 0 Å². The zero-order valence-electron chi connectivity index (χ0n) is 12.3. The summed E-state index contributed by atoms with van der Waals surface area (Å²) in [5.74, 6) is -0.748. The molecule has 0 aromatic rings. The van der Waals surface area contributed by atoms with Gasteiger partial charge in [-0.15, -0.1) is 0 Å². The molecule has 1 rings (SSSR count). The van der Waals surface area contributed by atoms with Gasteiger partial charge in [-0.1, -0.05) is 27.7 Å². The van der Waals surface area contributed by atoms with Gasteiger partial charge >= 0.3 is 12.0 Å². The number of carbonyl (C=O) groups is 2.